The van der Waals surface area contributed by atoms with Crippen LogP contribution in [0.25, 0.3) is 5.82 Å². The summed E-state index contributed by atoms with van der Waals surface area (Å²) >= 11 is 5.61. The summed E-state index contributed by atoms with van der Waals surface area (Å²) in [4.78, 5) is 12.4. The van der Waals surface area contributed by atoms with E-state index in [1.165, 1.54) is 31.4 Å². The summed E-state index contributed by atoms with van der Waals surface area (Å²) in [5.41, 5.74) is -2.60. The molecular formula is C16H10ClF4N5O2. The zero-order valence-electron chi connectivity index (χ0n) is 14.0. The Morgan fingerprint density at radius 3 is 2.57 bits per heavy atom. The largest absolute Gasteiger partial charge is 0.480 e. The lowest BCUT2D eigenvalue weighted by atomic mass is 10.2. The SMILES string of the molecule is COc1ccc(-n2ncc(C(=O)Nc3cccc(Cl)c3F)c2C(F)(F)F)nn1. The van der Waals surface area contributed by atoms with Gasteiger partial charge in [0.05, 0.1) is 29.6 Å². The second kappa shape index (κ2) is 7.43. The number of hydrogen-bond donors (Lipinski definition) is 1. The third-order valence-corrected chi connectivity index (χ3v) is 3.83. The summed E-state index contributed by atoms with van der Waals surface area (Å²) in [5, 5.41) is 12.5. The molecule has 2 heterocycles. The van der Waals surface area contributed by atoms with Gasteiger partial charge in [0.25, 0.3) is 5.91 Å². The summed E-state index contributed by atoms with van der Waals surface area (Å²) < 4.78 is 60.0. The van der Waals surface area contributed by atoms with E-state index in [0.29, 0.717) is 10.9 Å². The summed E-state index contributed by atoms with van der Waals surface area (Å²) in [6.45, 7) is 0. The molecule has 0 saturated carbocycles. The Balaban J connectivity index is 2.02. The fourth-order valence-corrected chi connectivity index (χ4v) is 2.46. The van der Waals surface area contributed by atoms with E-state index in [0.717, 1.165) is 6.07 Å². The average molecular weight is 416 g/mol. The van der Waals surface area contributed by atoms with Crippen LogP contribution in [0.2, 0.25) is 5.02 Å². The zero-order valence-corrected chi connectivity index (χ0v) is 14.7. The third-order valence-electron chi connectivity index (χ3n) is 3.53. The van der Waals surface area contributed by atoms with Gasteiger partial charge in [-0.15, -0.1) is 10.2 Å². The molecule has 0 bridgehead atoms. The van der Waals surface area contributed by atoms with Gasteiger partial charge in [0.1, 0.15) is 0 Å². The van der Waals surface area contributed by atoms with Crippen LogP contribution in [0.1, 0.15) is 16.1 Å². The number of rotatable bonds is 4. The lowest BCUT2D eigenvalue weighted by Crippen LogP contribution is -2.21. The fraction of sp³-hybridized carbons (Fsp3) is 0.125. The summed E-state index contributed by atoms with van der Waals surface area (Å²) in [6.07, 6.45) is -4.26. The molecule has 0 fully saturated rings. The van der Waals surface area contributed by atoms with Crippen LogP contribution in [-0.4, -0.2) is 33.0 Å². The van der Waals surface area contributed by atoms with Gasteiger partial charge < -0.3 is 10.1 Å². The van der Waals surface area contributed by atoms with Crippen molar-refractivity contribution in [3.8, 4) is 11.7 Å². The monoisotopic (exact) mass is 415 g/mol. The molecule has 1 aromatic carbocycles. The van der Waals surface area contributed by atoms with E-state index in [-0.39, 0.29) is 22.4 Å². The van der Waals surface area contributed by atoms with Crippen LogP contribution in [0, 0.1) is 5.82 Å². The molecule has 146 valence electrons. The zero-order chi connectivity index (χ0) is 20.5. The number of halogens is 5. The number of aromatic nitrogens is 4. The van der Waals surface area contributed by atoms with Gasteiger partial charge >= 0.3 is 6.18 Å². The fourth-order valence-electron chi connectivity index (χ4n) is 2.29. The van der Waals surface area contributed by atoms with Crippen LogP contribution < -0.4 is 10.1 Å². The Kier molecular flexibility index (Phi) is 5.18. The second-order valence-electron chi connectivity index (χ2n) is 5.31. The molecule has 0 atom stereocenters. The minimum atomic E-state index is -4.96. The van der Waals surface area contributed by atoms with Gasteiger partial charge in [0.15, 0.2) is 17.3 Å². The van der Waals surface area contributed by atoms with Gasteiger partial charge in [0.2, 0.25) is 5.88 Å². The molecule has 0 aliphatic carbocycles. The van der Waals surface area contributed by atoms with E-state index in [1.54, 1.807) is 0 Å². The van der Waals surface area contributed by atoms with E-state index in [9.17, 15) is 22.4 Å². The second-order valence-corrected chi connectivity index (χ2v) is 5.71. The molecule has 3 rings (SSSR count). The number of benzene rings is 1. The van der Waals surface area contributed by atoms with Crippen molar-refractivity contribution in [2.75, 3.05) is 12.4 Å². The number of methoxy groups -OCH3 is 1. The number of hydrogen-bond acceptors (Lipinski definition) is 5. The highest BCUT2D eigenvalue weighted by Crippen LogP contribution is 2.34. The van der Waals surface area contributed by atoms with Crippen molar-refractivity contribution in [2.45, 2.75) is 6.18 Å². The third kappa shape index (κ3) is 3.74. The highest BCUT2D eigenvalue weighted by atomic mass is 35.5. The summed E-state index contributed by atoms with van der Waals surface area (Å²) in [7, 11) is 1.32. The lowest BCUT2D eigenvalue weighted by molar-refractivity contribution is -0.143. The van der Waals surface area contributed by atoms with Crippen molar-refractivity contribution in [1.29, 1.82) is 0 Å². The molecule has 1 amide bonds. The van der Waals surface area contributed by atoms with Gasteiger partial charge in [-0.3, -0.25) is 4.79 Å². The molecule has 0 spiro atoms. The molecule has 0 unspecified atom stereocenters. The van der Waals surface area contributed by atoms with Gasteiger partial charge in [-0.2, -0.15) is 18.3 Å². The highest BCUT2D eigenvalue weighted by molar-refractivity contribution is 6.31. The van der Waals surface area contributed by atoms with Crippen LogP contribution in [0.5, 0.6) is 5.88 Å². The Hall–Kier alpha value is -3.21. The van der Waals surface area contributed by atoms with Crippen LogP contribution in [-0.2, 0) is 6.18 Å². The minimum Gasteiger partial charge on any atom is -0.480 e. The molecule has 0 saturated heterocycles. The van der Waals surface area contributed by atoms with E-state index < -0.39 is 29.2 Å². The van der Waals surface area contributed by atoms with E-state index in [2.05, 4.69) is 20.6 Å². The standard InChI is InChI=1S/C16H10ClF4N5O2/c1-28-12-6-5-11(24-25-12)26-14(16(19,20)21)8(7-22-26)15(27)23-10-4-2-3-9(17)13(10)18/h2-7H,1H3,(H,23,27). The summed E-state index contributed by atoms with van der Waals surface area (Å²) in [6, 6.07) is 6.19. The Bertz CT molecular complexity index is 1020. The van der Waals surface area contributed by atoms with Gasteiger partial charge in [-0.25, -0.2) is 9.07 Å². The van der Waals surface area contributed by atoms with Crippen molar-refractivity contribution in [1.82, 2.24) is 20.0 Å². The molecule has 0 aliphatic heterocycles. The van der Waals surface area contributed by atoms with Gasteiger partial charge in [0, 0.05) is 6.07 Å². The first kappa shape index (κ1) is 19.5. The number of nitrogens with one attached hydrogen (secondary N) is 1. The topological polar surface area (TPSA) is 81.9 Å². The van der Waals surface area contributed by atoms with E-state index in [1.807, 2.05) is 0 Å². The molecule has 2 aromatic heterocycles. The van der Waals surface area contributed by atoms with Gasteiger partial charge in [-0.05, 0) is 18.2 Å². The van der Waals surface area contributed by atoms with Crippen molar-refractivity contribution < 1.29 is 27.1 Å². The van der Waals surface area contributed by atoms with Crippen LogP contribution in [0.15, 0.2) is 36.5 Å². The minimum absolute atomic E-state index is 0.0823. The molecule has 12 heteroatoms. The molecule has 0 radical (unpaired) electrons. The Morgan fingerprint density at radius 1 is 1.21 bits per heavy atom. The van der Waals surface area contributed by atoms with Crippen LogP contribution >= 0.6 is 11.6 Å². The van der Waals surface area contributed by atoms with Crippen molar-refractivity contribution in [3.05, 3.63) is 58.6 Å². The predicted octanol–water partition coefficient (Wildman–Crippen LogP) is 3.73. The number of nitrogens with zero attached hydrogens (tertiary/aromatic N) is 4. The first-order chi connectivity index (χ1) is 13.2. The van der Waals surface area contributed by atoms with Crippen molar-refractivity contribution in [2.24, 2.45) is 0 Å². The van der Waals surface area contributed by atoms with Crippen molar-refractivity contribution in [3.63, 3.8) is 0 Å². The molecule has 7 nitrogen and oxygen atoms in total. The quantitative estimate of drug-likeness (QED) is 0.656. The number of ether oxygens (including phenoxy) is 1. The number of alkyl halides is 3. The lowest BCUT2D eigenvalue weighted by Gasteiger charge is -2.12. The number of anilines is 1. The number of amides is 1. The highest BCUT2D eigenvalue weighted by Gasteiger charge is 2.41. The normalized spacial score (nSPS) is 11.4. The predicted molar refractivity (Wildman–Crippen MR) is 90.1 cm³/mol. The van der Waals surface area contributed by atoms with E-state index in [4.69, 9.17) is 16.3 Å². The molecule has 0 aliphatic rings. The Labute approximate surface area is 159 Å². The number of carbonyl (C=O) groups is 1. The molecular weight excluding hydrogens is 406 g/mol. The van der Waals surface area contributed by atoms with Crippen molar-refractivity contribution >= 4 is 23.2 Å². The first-order valence-electron chi connectivity index (χ1n) is 7.51. The first-order valence-corrected chi connectivity index (χ1v) is 7.89. The van der Waals surface area contributed by atoms with Crippen LogP contribution in [0.3, 0.4) is 0 Å². The average Bonchev–Trinajstić information content (AvgIpc) is 3.11. The van der Waals surface area contributed by atoms with E-state index >= 15 is 0 Å². The van der Waals surface area contributed by atoms with Crippen LogP contribution in [0.4, 0.5) is 23.2 Å². The summed E-state index contributed by atoms with van der Waals surface area (Å²) in [5.74, 6) is -2.40. The molecule has 3 aromatic rings. The molecule has 28 heavy (non-hydrogen) atoms. The smallest absolute Gasteiger partial charge is 0.434 e. The maximum atomic E-state index is 13.9. The Morgan fingerprint density at radius 2 is 1.96 bits per heavy atom. The maximum absolute atomic E-state index is 13.9. The maximum Gasteiger partial charge on any atom is 0.434 e. The number of carbonyl (C=O) groups excluding carboxylic acids is 1. The van der Waals surface area contributed by atoms with Gasteiger partial charge in [-0.1, -0.05) is 17.7 Å². The molecule has 1 N–H and O–H groups in total.